The van der Waals surface area contributed by atoms with Crippen molar-refractivity contribution in [2.24, 2.45) is 0 Å². The van der Waals surface area contributed by atoms with Crippen molar-refractivity contribution in [3.8, 4) is 5.75 Å². The predicted molar refractivity (Wildman–Crippen MR) is 119 cm³/mol. The Hall–Kier alpha value is -3.07. The summed E-state index contributed by atoms with van der Waals surface area (Å²) in [6, 6.07) is 14.2. The number of rotatable bonds is 6. The second-order valence-corrected chi connectivity index (χ2v) is 8.60. The van der Waals surface area contributed by atoms with Crippen LogP contribution in [0.15, 0.2) is 48.5 Å². The van der Waals surface area contributed by atoms with Gasteiger partial charge in [-0.15, -0.1) is 0 Å². The molecule has 1 N–H and O–H groups in total. The minimum Gasteiger partial charge on any atom is -0.496 e. The minimum absolute atomic E-state index is 0.0329. The molecule has 0 aliphatic carbocycles. The van der Waals surface area contributed by atoms with Crippen molar-refractivity contribution in [2.75, 3.05) is 38.0 Å². The molecule has 1 aliphatic rings. The Kier molecular flexibility index (Phi) is 6.84. The highest BCUT2D eigenvalue weighted by Gasteiger charge is 2.36. The van der Waals surface area contributed by atoms with E-state index < -0.39 is 16.3 Å². The largest absolute Gasteiger partial charge is 0.496 e. The standard InChI is InChI=1S/C22H27N3O5S/c1-22(2,16-7-5-4-6-8-16)21(27)25-13-11-24(12-14-25)20(26)18-10-9-17(23-31(28)29)15-19(18)30-3/h4-10,15,31H,11-14H2,1-3H3,(H,23,28,29). The van der Waals surface area contributed by atoms with Gasteiger partial charge in [-0.25, -0.2) is 8.42 Å². The topological polar surface area (TPSA) is 96.0 Å². The average molecular weight is 446 g/mol. The van der Waals surface area contributed by atoms with Crippen molar-refractivity contribution < 1.29 is 22.7 Å². The first kappa shape index (κ1) is 22.6. The maximum Gasteiger partial charge on any atom is 0.257 e. The summed E-state index contributed by atoms with van der Waals surface area (Å²) in [6.07, 6.45) is 0. The number of benzene rings is 2. The van der Waals surface area contributed by atoms with Gasteiger partial charge in [-0.3, -0.25) is 14.3 Å². The van der Waals surface area contributed by atoms with Crippen molar-refractivity contribution in [1.82, 2.24) is 9.80 Å². The van der Waals surface area contributed by atoms with Gasteiger partial charge in [0.1, 0.15) is 5.75 Å². The van der Waals surface area contributed by atoms with Crippen LogP contribution in [0.2, 0.25) is 0 Å². The van der Waals surface area contributed by atoms with Crippen LogP contribution in [-0.2, 0) is 21.1 Å². The highest BCUT2D eigenvalue weighted by atomic mass is 32.2. The fraction of sp³-hybridized carbons (Fsp3) is 0.364. The van der Waals surface area contributed by atoms with Crippen molar-refractivity contribution in [2.45, 2.75) is 19.3 Å². The SMILES string of the molecule is COc1cc(N[SH](=O)=O)ccc1C(=O)N1CCN(C(=O)C(C)(C)c2ccccc2)CC1. The van der Waals surface area contributed by atoms with E-state index >= 15 is 0 Å². The molecule has 0 spiro atoms. The number of hydrogen-bond acceptors (Lipinski definition) is 5. The van der Waals surface area contributed by atoms with Gasteiger partial charge in [0, 0.05) is 32.2 Å². The number of nitrogens with zero attached hydrogens (tertiary/aromatic N) is 2. The molecule has 0 bridgehead atoms. The van der Waals surface area contributed by atoms with Gasteiger partial charge in [0.25, 0.3) is 5.91 Å². The van der Waals surface area contributed by atoms with Crippen LogP contribution in [-0.4, -0.2) is 63.3 Å². The number of carbonyl (C=O) groups is 2. The fourth-order valence-corrected chi connectivity index (χ4v) is 4.05. The molecule has 1 heterocycles. The highest BCUT2D eigenvalue weighted by molar-refractivity contribution is 7.73. The number of amides is 2. The molecule has 0 aromatic heterocycles. The molecule has 166 valence electrons. The first-order valence-corrected chi connectivity index (χ1v) is 11.1. The predicted octanol–water partition coefficient (Wildman–Crippen LogP) is 1.90. The van der Waals surface area contributed by atoms with Gasteiger partial charge in [0.2, 0.25) is 16.8 Å². The molecule has 3 rings (SSSR count). The fourth-order valence-electron chi connectivity index (χ4n) is 3.70. The van der Waals surface area contributed by atoms with Crippen molar-refractivity contribution in [1.29, 1.82) is 0 Å². The van der Waals surface area contributed by atoms with Gasteiger partial charge in [-0.1, -0.05) is 30.3 Å². The quantitative estimate of drug-likeness (QED) is 0.662. The Bertz CT molecular complexity index is 1020. The molecule has 1 saturated heterocycles. The van der Waals surface area contributed by atoms with E-state index in [4.69, 9.17) is 4.74 Å². The van der Waals surface area contributed by atoms with Gasteiger partial charge < -0.3 is 14.5 Å². The number of thiol groups is 1. The number of hydrogen-bond donors (Lipinski definition) is 2. The van der Waals surface area contributed by atoms with Crippen LogP contribution >= 0.6 is 0 Å². The zero-order valence-electron chi connectivity index (χ0n) is 17.8. The van der Waals surface area contributed by atoms with E-state index in [1.807, 2.05) is 44.2 Å². The molecular weight excluding hydrogens is 418 g/mol. The molecule has 9 heteroatoms. The van der Waals surface area contributed by atoms with E-state index in [0.29, 0.717) is 37.4 Å². The summed E-state index contributed by atoms with van der Waals surface area (Å²) in [5.41, 5.74) is 0.973. The number of methoxy groups -OCH3 is 1. The Labute approximate surface area is 183 Å². The molecule has 31 heavy (non-hydrogen) atoms. The average Bonchev–Trinajstić information content (AvgIpc) is 2.78. The lowest BCUT2D eigenvalue weighted by atomic mass is 9.83. The molecule has 2 aromatic rings. The zero-order valence-corrected chi connectivity index (χ0v) is 18.7. The van der Waals surface area contributed by atoms with Crippen LogP contribution in [0.3, 0.4) is 0 Å². The first-order chi connectivity index (χ1) is 14.7. The molecule has 1 fully saturated rings. The van der Waals surface area contributed by atoms with E-state index in [0.717, 1.165) is 5.56 Å². The number of nitrogens with one attached hydrogen (secondary N) is 1. The van der Waals surface area contributed by atoms with Crippen LogP contribution in [0.25, 0.3) is 0 Å². The minimum atomic E-state index is -2.81. The third-order valence-electron chi connectivity index (χ3n) is 5.54. The lowest BCUT2D eigenvalue weighted by Gasteiger charge is -2.39. The zero-order chi connectivity index (χ0) is 22.6. The van der Waals surface area contributed by atoms with Crippen LogP contribution in [0, 0.1) is 0 Å². The van der Waals surface area contributed by atoms with Gasteiger partial charge in [0.05, 0.1) is 23.8 Å². The Morgan fingerprint density at radius 2 is 1.58 bits per heavy atom. The summed E-state index contributed by atoms with van der Waals surface area (Å²) in [4.78, 5) is 29.6. The van der Waals surface area contributed by atoms with Gasteiger partial charge in [0.15, 0.2) is 0 Å². The Morgan fingerprint density at radius 3 is 2.16 bits per heavy atom. The van der Waals surface area contributed by atoms with Gasteiger partial charge >= 0.3 is 0 Å². The molecular formula is C22H27N3O5S. The van der Waals surface area contributed by atoms with E-state index in [2.05, 4.69) is 4.72 Å². The van der Waals surface area contributed by atoms with Crippen molar-refractivity contribution >= 4 is 28.4 Å². The summed E-state index contributed by atoms with van der Waals surface area (Å²) < 4.78 is 29.3. The van der Waals surface area contributed by atoms with E-state index in [9.17, 15) is 18.0 Å². The monoisotopic (exact) mass is 445 g/mol. The second-order valence-electron chi connectivity index (χ2n) is 7.86. The van der Waals surface area contributed by atoms with Crippen LogP contribution < -0.4 is 9.46 Å². The maximum absolute atomic E-state index is 13.1. The summed E-state index contributed by atoms with van der Waals surface area (Å²) in [5.74, 6) is 0.102. The molecule has 0 unspecified atom stereocenters. The summed E-state index contributed by atoms with van der Waals surface area (Å²) in [7, 11) is -1.38. The maximum atomic E-state index is 13.1. The third-order valence-corrected chi connectivity index (χ3v) is 5.98. The number of ether oxygens (including phenoxy) is 1. The van der Waals surface area contributed by atoms with Crippen LogP contribution in [0.5, 0.6) is 5.75 Å². The lowest BCUT2D eigenvalue weighted by molar-refractivity contribution is -0.137. The van der Waals surface area contributed by atoms with Gasteiger partial charge in [-0.2, -0.15) is 0 Å². The first-order valence-electron chi connectivity index (χ1n) is 9.97. The molecule has 0 radical (unpaired) electrons. The number of piperazine rings is 1. The van der Waals surface area contributed by atoms with Gasteiger partial charge in [-0.05, 0) is 31.5 Å². The Balaban J connectivity index is 1.68. The van der Waals surface area contributed by atoms with E-state index in [1.54, 1.807) is 15.9 Å². The molecule has 0 atom stereocenters. The molecule has 2 amide bonds. The van der Waals surface area contributed by atoms with E-state index in [-0.39, 0.29) is 17.6 Å². The van der Waals surface area contributed by atoms with Crippen molar-refractivity contribution in [3.63, 3.8) is 0 Å². The summed E-state index contributed by atoms with van der Waals surface area (Å²) in [5, 5.41) is 0. The summed E-state index contributed by atoms with van der Waals surface area (Å²) in [6.45, 7) is 5.53. The Morgan fingerprint density at radius 1 is 0.968 bits per heavy atom. The smallest absolute Gasteiger partial charge is 0.257 e. The lowest BCUT2D eigenvalue weighted by Crippen LogP contribution is -2.54. The number of anilines is 1. The molecule has 1 aliphatic heterocycles. The highest BCUT2D eigenvalue weighted by Crippen LogP contribution is 2.28. The third kappa shape index (κ3) is 4.99. The van der Waals surface area contributed by atoms with Crippen LogP contribution in [0.1, 0.15) is 29.8 Å². The van der Waals surface area contributed by atoms with Crippen LogP contribution in [0.4, 0.5) is 5.69 Å². The molecule has 8 nitrogen and oxygen atoms in total. The molecule has 2 aromatic carbocycles. The van der Waals surface area contributed by atoms with E-state index in [1.165, 1.54) is 19.2 Å². The second kappa shape index (κ2) is 9.38. The summed E-state index contributed by atoms with van der Waals surface area (Å²) >= 11 is 0. The normalized spacial score (nSPS) is 14.5. The molecule has 0 saturated carbocycles. The van der Waals surface area contributed by atoms with Crippen molar-refractivity contribution in [3.05, 3.63) is 59.7 Å². The number of carbonyl (C=O) groups excluding carboxylic acids is 2.